The molecule has 3 N–H and O–H groups in total. The number of rotatable bonds is 11. The molecule has 1 aliphatic heterocycles. The van der Waals surface area contributed by atoms with Crippen molar-refractivity contribution in [2.24, 2.45) is 11.8 Å². The van der Waals surface area contributed by atoms with Crippen LogP contribution in [0.4, 0.5) is 0 Å². The van der Waals surface area contributed by atoms with Crippen LogP contribution in [0, 0.1) is 11.8 Å². The van der Waals surface area contributed by atoms with E-state index in [1.165, 1.54) is 5.01 Å². The van der Waals surface area contributed by atoms with Crippen molar-refractivity contribution in [2.75, 3.05) is 6.54 Å². The molecule has 1 aliphatic rings. The van der Waals surface area contributed by atoms with E-state index < -0.39 is 36.0 Å². The van der Waals surface area contributed by atoms with E-state index in [9.17, 15) is 19.2 Å². The van der Waals surface area contributed by atoms with E-state index in [2.05, 4.69) is 27.6 Å². The molecule has 0 bridgehead atoms. The van der Waals surface area contributed by atoms with Gasteiger partial charge >= 0.3 is 5.97 Å². The lowest BCUT2D eigenvalue weighted by Gasteiger charge is -2.35. The molecule has 0 aliphatic carbocycles. The fourth-order valence-corrected chi connectivity index (χ4v) is 4.77. The monoisotopic (exact) mass is 577 g/mol. The van der Waals surface area contributed by atoms with Crippen LogP contribution in [0.3, 0.4) is 0 Å². The maximum atomic E-state index is 13.2. The summed E-state index contributed by atoms with van der Waals surface area (Å²) in [6, 6.07) is 6.12. The number of fused-ring (bicyclic) bond motifs is 1. The van der Waals surface area contributed by atoms with Crippen molar-refractivity contribution >= 4 is 40.5 Å². The Morgan fingerprint density at radius 1 is 1.10 bits per heavy atom. The molecule has 5 unspecified atom stereocenters. The summed E-state index contributed by atoms with van der Waals surface area (Å²) in [5.74, 6) is -2.44. The Kier molecular flexibility index (Phi) is 11.4. The van der Waals surface area contributed by atoms with Crippen LogP contribution in [0.25, 0.3) is 16.8 Å². The van der Waals surface area contributed by atoms with E-state index in [1.807, 2.05) is 31.2 Å². The van der Waals surface area contributed by atoms with Crippen LogP contribution in [0.5, 0.6) is 0 Å². The van der Waals surface area contributed by atoms with Gasteiger partial charge in [0.15, 0.2) is 6.10 Å². The molecule has 1 saturated heterocycles. The van der Waals surface area contributed by atoms with Crippen LogP contribution < -0.4 is 16.1 Å². The number of hydrogen-bond donors (Lipinski definition) is 3. The SMILES string of the molecule is C=Cc1cc2cc(C(C)NC(=O)C3CCCN(C(=O)C(C)NC(=O)C(OC(=O)C(C)C=CC)C(C)C)N3)ccc2cn1. The third-order valence-electron chi connectivity index (χ3n) is 7.29. The van der Waals surface area contributed by atoms with Gasteiger partial charge in [0.05, 0.1) is 17.7 Å². The maximum Gasteiger partial charge on any atom is 0.313 e. The van der Waals surface area contributed by atoms with Crippen molar-refractivity contribution in [3.8, 4) is 0 Å². The number of allylic oxidation sites excluding steroid dienone is 1. The summed E-state index contributed by atoms with van der Waals surface area (Å²) in [6.45, 7) is 14.7. The van der Waals surface area contributed by atoms with E-state index in [-0.39, 0.29) is 23.8 Å². The van der Waals surface area contributed by atoms with Gasteiger partial charge in [-0.25, -0.2) is 5.43 Å². The maximum absolute atomic E-state index is 13.2. The number of benzene rings is 1. The molecular weight excluding hydrogens is 534 g/mol. The Hall–Kier alpha value is -4.05. The lowest BCUT2D eigenvalue weighted by atomic mass is 10.0. The number of carbonyl (C=O) groups is 4. The third kappa shape index (κ3) is 8.25. The number of ether oxygens (including phenoxy) is 1. The molecule has 2 heterocycles. The molecule has 0 radical (unpaired) electrons. The van der Waals surface area contributed by atoms with Gasteiger partial charge in [-0.05, 0) is 75.6 Å². The van der Waals surface area contributed by atoms with Crippen molar-refractivity contribution in [2.45, 2.75) is 78.6 Å². The highest BCUT2D eigenvalue weighted by molar-refractivity contribution is 5.91. The Morgan fingerprint density at radius 3 is 2.50 bits per heavy atom. The lowest BCUT2D eigenvalue weighted by molar-refractivity contribution is -0.161. The van der Waals surface area contributed by atoms with E-state index in [4.69, 9.17) is 4.74 Å². The van der Waals surface area contributed by atoms with Gasteiger partial charge in [0.25, 0.3) is 11.8 Å². The van der Waals surface area contributed by atoms with Crippen molar-refractivity contribution < 1.29 is 23.9 Å². The molecule has 3 amide bonds. The first-order valence-corrected chi connectivity index (χ1v) is 14.5. The second-order valence-corrected chi connectivity index (χ2v) is 11.1. The fourth-order valence-electron chi connectivity index (χ4n) is 4.77. The minimum atomic E-state index is -1.04. The van der Waals surface area contributed by atoms with Crippen molar-refractivity contribution in [3.05, 3.63) is 60.5 Å². The Balaban J connectivity index is 1.59. The van der Waals surface area contributed by atoms with E-state index in [0.717, 1.165) is 22.0 Å². The first kappa shape index (κ1) is 32.5. The largest absolute Gasteiger partial charge is 0.452 e. The fraction of sp³-hybridized carbons (Fsp3) is 0.469. The van der Waals surface area contributed by atoms with Gasteiger partial charge in [0.2, 0.25) is 5.91 Å². The zero-order chi connectivity index (χ0) is 31.0. The molecule has 0 spiro atoms. The smallest absolute Gasteiger partial charge is 0.313 e. The van der Waals surface area contributed by atoms with Gasteiger partial charge in [-0.3, -0.25) is 29.2 Å². The molecule has 1 aromatic carbocycles. The van der Waals surface area contributed by atoms with E-state index in [0.29, 0.717) is 19.4 Å². The van der Waals surface area contributed by atoms with Crippen molar-refractivity contribution in [1.82, 2.24) is 26.1 Å². The molecule has 10 heteroatoms. The lowest BCUT2D eigenvalue weighted by Crippen LogP contribution is -2.61. The summed E-state index contributed by atoms with van der Waals surface area (Å²) in [6.07, 6.45) is 7.06. The zero-order valence-corrected chi connectivity index (χ0v) is 25.3. The molecule has 226 valence electrons. The van der Waals surface area contributed by atoms with E-state index in [1.54, 1.807) is 59.0 Å². The molecule has 10 nitrogen and oxygen atoms in total. The van der Waals surface area contributed by atoms with Crippen LogP contribution in [0.2, 0.25) is 0 Å². The number of pyridine rings is 1. The molecular formula is C32H43N5O5. The van der Waals surface area contributed by atoms with Crippen LogP contribution in [-0.4, -0.2) is 58.4 Å². The van der Waals surface area contributed by atoms with Crippen molar-refractivity contribution in [1.29, 1.82) is 0 Å². The molecule has 5 atom stereocenters. The molecule has 42 heavy (non-hydrogen) atoms. The number of nitrogens with zero attached hydrogens (tertiary/aromatic N) is 2. The second-order valence-electron chi connectivity index (χ2n) is 11.1. The van der Waals surface area contributed by atoms with Crippen LogP contribution in [0.15, 0.2) is 49.2 Å². The Morgan fingerprint density at radius 2 is 1.83 bits per heavy atom. The summed E-state index contributed by atoms with van der Waals surface area (Å²) in [4.78, 5) is 56.1. The first-order chi connectivity index (χ1) is 19.9. The predicted octanol–water partition coefficient (Wildman–Crippen LogP) is 3.84. The quantitative estimate of drug-likeness (QED) is 0.273. The number of hydrogen-bond acceptors (Lipinski definition) is 7. The van der Waals surface area contributed by atoms with Gasteiger partial charge in [-0.1, -0.05) is 44.7 Å². The predicted molar refractivity (Wildman–Crippen MR) is 163 cm³/mol. The molecule has 1 fully saturated rings. The number of hydrazine groups is 1. The third-order valence-corrected chi connectivity index (χ3v) is 7.29. The summed E-state index contributed by atoms with van der Waals surface area (Å²) in [5, 5.41) is 9.10. The number of esters is 1. The zero-order valence-electron chi connectivity index (χ0n) is 25.3. The van der Waals surface area contributed by atoms with Gasteiger partial charge in [0, 0.05) is 18.1 Å². The van der Waals surface area contributed by atoms with Gasteiger partial charge in [0.1, 0.15) is 12.1 Å². The molecule has 2 aromatic rings. The standard InChI is InChI=1S/C32H43N5O5/c1-8-11-20(5)32(41)42-28(19(3)4)30(39)35-22(7)31(40)37-15-10-12-27(36-37)29(38)34-21(6)23-13-14-24-18-33-26(9-2)17-25(24)16-23/h8-9,11,13-14,16-22,27-28,36H,2,10,12,15H2,1,3-7H3,(H,34,38)(H,35,39). The Labute approximate surface area is 247 Å². The van der Waals surface area contributed by atoms with Crippen LogP contribution >= 0.6 is 0 Å². The highest BCUT2D eigenvalue weighted by Crippen LogP contribution is 2.22. The van der Waals surface area contributed by atoms with E-state index >= 15 is 0 Å². The minimum Gasteiger partial charge on any atom is -0.452 e. The van der Waals surface area contributed by atoms with Crippen LogP contribution in [-0.2, 0) is 23.9 Å². The minimum absolute atomic E-state index is 0.222. The van der Waals surface area contributed by atoms with Gasteiger partial charge < -0.3 is 15.4 Å². The van der Waals surface area contributed by atoms with Crippen molar-refractivity contribution in [3.63, 3.8) is 0 Å². The molecule has 1 aromatic heterocycles. The first-order valence-electron chi connectivity index (χ1n) is 14.5. The highest BCUT2D eigenvalue weighted by atomic mass is 16.5. The topological polar surface area (TPSA) is 130 Å². The molecule has 0 saturated carbocycles. The normalized spacial score (nSPS) is 18.3. The second kappa shape index (κ2) is 14.7. The average Bonchev–Trinajstić information content (AvgIpc) is 2.98. The molecule has 3 rings (SSSR count). The number of amides is 3. The number of aromatic nitrogens is 1. The summed E-state index contributed by atoms with van der Waals surface area (Å²) in [7, 11) is 0. The average molecular weight is 578 g/mol. The van der Waals surface area contributed by atoms with Gasteiger partial charge in [-0.15, -0.1) is 0 Å². The highest BCUT2D eigenvalue weighted by Gasteiger charge is 2.34. The number of nitrogens with one attached hydrogen (secondary N) is 3. The Bertz CT molecular complexity index is 1340. The summed E-state index contributed by atoms with van der Waals surface area (Å²) < 4.78 is 5.47. The summed E-state index contributed by atoms with van der Waals surface area (Å²) >= 11 is 0. The van der Waals surface area contributed by atoms with Gasteiger partial charge in [-0.2, -0.15) is 0 Å². The van der Waals surface area contributed by atoms with Crippen LogP contribution in [0.1, 0.15) is 71.7 Å². The number of carbonyl (C=O) groups excluding carboxylic acids is 4. The summed E-state index contributed by atoms with van der Waals surface area (Å²) in [5.41, 5.74) is 4.75.